The van der Waals surface area contributed by atoms with Crippen LogP contribution in [0.1, 0.15) is 19.7 Å². The van der Waals surface area contributed by atoms with E-state index in [0.29, 0.717) is 6.54 Å². The molecule has 1 rings (SSSR count). The first-order chi connectivity index (χ1) is 7.65. The Kier molecular flexibility index (Phi) is 5.79. The third-order valence-corrected chi connectivity index (χ3v) is 2.95. The minimum Gasteiger partial charge on any atom is -0.378 e. The number of hydrogen-bond donors (Lipinski definition) is 1. The molecule has 0 bridgehead atoms. The molecule has 0 radical (unpaired) electrons. The first-order valence-electron chi connectivity index (χ1n) is 5.49. The van der Waals surface area contributed by atoms with E-state index in [1.165, 1.54) is 0 Å². The van der Waals surface area contributed by atoms with Crippen LogP contribution in [-0.2, 0) is 11.3 Å². The number of thioether (sulfide) groups is 1. The van der Waals surface area contributed by atoms with Gasteiger partial charge < -0.3 is 15.0 Å². The minimum atomic E-state index is 0.282. The van der Waals surface area contributed by atoms with Gasteiger partial charge in [0.05, 0.1) is 12.7 Å². The number of hydrogen-bond acceptors (Lipinski definition) is 5. The Bertz CT molecular complexity index is 314. The van der Waals surface area contributed by atoms with Crippen LogP contribution in [0.25, 0.3) is 0 Å². The lowest BCUT2D eigenvalue weighted by molar-refractivity contribution is 0.0920. The van der Waals surface area contributed by atoms with Crippen molar-refractivity contribution in [2.24, 2.45) is 5.73 Å². The Morgan fingerprint density at radius 2 is 2.19 bits per heavy atom. The van der Waals surface area contributed by atoms with Crippen molar-refractivity contribution in [3.8, 4) is 0 Å². The molecule has 2 N–H and O–H groups in total. The van der Waals surface area contributed by atoms with Gasteiger partial charge in [-0.05, 0) is 20.8 Å². The molecule has 1 aromatic heterocycles. The largest absolute Gasteiger partial charge is 0.378 e. The lowest BCUT2D eigenvalue weighted by atomic mass is 10.5. The van der Waals surface area contributed by atoms with Gasteiger partial charge in [-0.1, -0.05) is 11.8 Å². The SMILES string of the molecule is Cc1nnc(SCCOC(C)C)n1CCN. The molecular formula is C10H20N4OS. The quantitative estimate of drug-likeness (QED) is 0.574. The molecule has 0 unspecified atom stereocenters. The van der Waals surface area contributed by atoms with E-state index in [-0.39, 0.29) is 6.10 Å². The molecule has 6 heteroatoms. The average Bonchev–Trinajstić information content (AvgIpc) is 2.56. The fourth-order valence-corrected chi connectivity index (χ4v) is 2.11. The van der Waals surface area contributed by atoms with Gasteiger partial charge >= 0.3 is 0 Å². The highest BCUT2D eigenvalue weighted by molar-refractivity contribution is 7.99. The molecule has 0 fully saturated rings. The third-order valence-electron chi connectivity index (χ3n) is 2.02. The van der Waals surface area contributed by atoms with Gasteiger partial charge in [0.25, 0.3) is 0 Å². The van der Waals surface area contributed by atoms with Crippen molar-refractivity contribution in [1.82, 2.24) is 14.8 Å². The molecule has 5 nitrogen and oxygen atoms in total. The predicted molar refractivity (Wildman–Crippen MR) is 65.6 cm³/mol. The van der Waals surface area contributed by atoms with Gasteiger partial charge in [0.15, 0.2) is 5.16 Å². The summed E-state index contributed by atoms with van der Waals surface area (Å²) in [6, 6.07) is 0. The summed E-state index contributed by atoms with van der Waals surface area (Å²) in [7, 11) is 0. The van der Waals surface area contributed by atoms with Crippen LogP contribution in [0.15, 0.2) is 5.16 Å². The number of nitrogens with two attached hydrogens (primary N) is 1. The van der Waals surface area contributed by atoms with E-state index < -0.39 is 0 Å². The zero-order valence-electron chi connectivity index (χ0n) is 10.1. The fourth-order valence-electron chi connectivity index (χ4n) is 1.27. The molecule has 0 aliphatic carbocycles. The van der Waals surface area contributed by atoms with Crippen LogP contribution in [0.4, 0.5) is 0 Å². The van der Waals surface area contributed by atoms with Crippen LogP contribution in [0.5, 0.6) is 0 Å². The molecule has 0 aromatic carbocycles. The van der Waals surface area contributed by atoms with E-state index in [1.807, 2.05) is 25.3 Å². The van der Waals surface area contributed by atoms with E-state index in [9.17, 15) is 0 Å². The highest BCUT2D eigenvalue weighted by atomic mass is 32.2. The Morgan fingerprint density at radius 3 is 2.81 bits per heavy atom. The van der Waals surface area contributed by atoms with Gasteiger partial charge in [-0.2, -0.15) is 0 Å². The van der Waals surface area contributed by atoms with Crippen LogP contribution in [0.2, 0.25) is 0 Å². The molecular weight excluding hydrogens is 224 g/mol. The average molecular weight is 244 g/mol. The molecule has 0 saturated heterocycles. The van der Waals surface area contributed by atoms with Crippen molar-refractivity contribution >= 4 is 11.8 Å². The second-order valence-electron chi connectivity index (χ2n) is 3.74. The van der Waals surface area contributed by atoms with Crippen molar-refractivity contribution in [1.29, 1.82) is 0 Å². The molecule has 0 atom stereocenters. The minimum absolute atomic E-state index is 0.282. The summed E-state index contributed by atoms with van der Waals surface area (Å²) < 4.78 is 7.51. The normalized spacial score (nSPS) is 11.3. The third kappa shape index (κ3) is 4.11. The van der Waals surface area contributed by atoms with Crippen LogP contribution in [-0.4, -0.2) is 39.8 Å². The van der Waals surface area contributed by atoms with Crippen LogP contribution < -0.4 is 5.73 Å². The Labute approximate surface area is 101 Å². The number of nitrogens with zero attached hydrogens (tertiary/aromatic N) is 3. The Morgan fingerprint density at radius 1 is 1.44 bits per heavy atom. The second kappa shape index (κ2) is 6.88. The molecule has 1 heterocycles. The molecule has 0 saturated carbocycles. The smallest absolute Gasteiger partial charge is 0.191 e. The molecule has 16 heavy (non-hydrogen) atoms. The molecule has 0 aliphatic rings. The lowest BCUT2D eigenvalue weighted by Gasteiger charge is -2.08. The topological polar surface area (TPSA) is 66.0 Å². The predicted octanol–water partition coefficient (Wildman–Crippen LogP) is 1.06. The fraction of sp³-hybridized carbons (Fsp3) is 0.800. The highest BCUT2D eigenvalue weighted by Crippen LogP contribution is 2.16. The van der Waals surface area contributed by atoms with Gasteiger partial charge in [0, 0.05) is 18.8 Å². The number of ether oxygens (including phenoxy) is 1. The van der Waals surface area contributed by atoms with Gasteiger partial charge in [0.2, 0.25) is 0 Å². The van der Waals surface area contributed by atoms with Crippen molar-refractivity contribution in [2.45, 2.75) is 38.6 Å². The summed E-state index contributed by atoms with van der Waals surface area (Å²) in [5.74, 6) is 1.80. The van der Waals surface area contributed by atoms with Crippen LogP contribution >= 0.6 is 11.8 Å². The first kappa shape index (κ1) is 13.5. The molecule has 0 spiro atoms. The monoisotopic (exact) mass is 244 g/mol. The van der Waals surface area contributed by atoms with Crippen molar-refractivity contribution in [3.63, 3.8) is 0 Å². The Balaban J connectivity index is 2.41. The zero-order chi connectivity index (χ0) is 12.0. The summed E-state index contributed by atoms with van der Waals surface area (Å²) in [6.45, 7) is 8.12. The summed E-state index contributed by atoms with van der Waals surface area (Å²) in [5, 5.41) is 9.09. The van der Waals surface area contributed by atoms with Gasteiger partial charge in [0.1, 0.15) is 5.82 Å². The summed E-state index contributed by atoms with van der Waals surface area (Å²) in [5.41, 5.74) is 5.54. The maximum Gasteiger partial charge on any atom is 0.191 e. The maximum absolute atomic E-state index is 5.54. The molecule has 1 aromatic rings. The standard InChI is InChI=1S/C10H20N4OS/c1-8(2)15-6-7-16-10-13-12-9(3)14(10)5-4-11/h8H,4-7,11H2,1-3H3. The van der Waals surface area contributed by atoms with Gasteiger partial charge in [-0.15, -0.1) is 10.2 Å². The number of rotatable bonds is 7. The van der Waals surface area contributed by atoms with Gasteiger partial charge in [-0.25, -0.2) is 0 Å². The van der Waals surface area contributed by atoms with Crippen LogP contribution in [0, 0.1) is 6.92 Å². The summed E-state index contributed by atoms with van der Waals surface area (Å²) >= 11 is 1.66. The molecule has 0 aliphatic heterocycles. The van der Waals surface area contributed by atoms with E-state index in [1.54, 1.807) is 11.8 Å². The zero-order valence-corrected chi connectivity index (χ0v) is 11.0. The van der Waals surface area contributed by atoms with Gasteiger partial charge in [-0.3, -0.25) is 0 Å². The first-order valence-corrected chi connectivity index (χ1v) is 6.48. The van der Waals surface area contributed by atoms with Crippen molar-refractivity contribution < 1.29 is 4.74 Å². The number of aromatic nitrogens is 3. The lowest BCUT2D eigenvalue weighted by Crippen LogP contribution is -2.12. The highest BCUT2D eigenvalue weighted by Gasteiger charge is 2.08. The van der Waals surface area contributed by atoms with Crippen molar-refractivity contribution in [3.05, 3.63) is 5.82 Å². The van der Waals surface area contributed by atoms with E-state index in [4.69, 9.17) is 10.5 Å². The maximum atomic E-state index is 5.54. The Hall–Kier alpha value is -0.590. The summed E-state index contributed by atoms with van der Waals surface area (Å²) in [4.78, 5) is 0. The second-order valence-corrected chi connectivity index (χ2v) is 4.80. The van der Waals surface area contributed by atoms with E-state index in [2.05, 4.69) is 10.2 Å². The summed E-state index contributed by atoms with van der Waals surface area (Å²) in [6.07, 6.45) is 0.282. The molecule has 0 amide bonds. The number of aryl methyl sites for hydroxylation is 1. The molecule has 92 valence electrons. The van der Waals surface area contributed by atoms with Crippen molar-refractivity contribution in [2.75, 3.05) is 18.9 Å². The van der Waals surface area contributed by atoms with Crippen LogP contribution in [0.3, 0.4) is 0 Å². The van der Waals surface area contributed by atoms with E-state index in [0.717, 1.165) is 29.9 Å². The van der Waals surface area contributed by atoms with E-state index >= 15 is 0 Å².